The topological polar surface area (TPSA) is 26.3 Å². The van der Waals surface area contributed by atoms with Crippen molar-refractivity contribution < 1.29 is 92.9 Å². The monoisotopic (exact) mass is 554 g/mol. The molecule has 0 aliphatic carbocycles. The minimum atomic E-state index is -8.92. The van der Waals surface area contributed by atoms with Crippen molar-refractivity contribution in [2.24, 2.45) is 0 Å². The smallest absolute Gasteiger partial charge is 0.413 e. The number of carbonyl (C=O) groups excluding carboxylic acids is 1. The molecule has 0 aliphatic heterocycles. The molecule has 0 aromatic rings. The van der Waals surface area contributed by atoms with Crippen molar-refractivity contribution in [1.82, 2.24) is 0 Å². The molecule has 0 bridgehead atoms. The van der Waals surface area contributed by atoms with E-state index >= 15 is 0 Å². The number of ether oxygens (including phenoxy) is 1. The molecule has 0 rings (SSSR count). The summed E-state index contributed by atoms with van der Waals surface area (Å²) in [6, 6.07) is 0. The second kappa shape index (κ2) is 7.95. The van der Waals surface area contributed by atoms with Gasteiger partial charge in [-0.05, 0) is 6.92 Å². The van der Waals surface area contributed by atoms with E-state index in [-0.39, 0.29) is 6.92 Å². The third-order valence-electron chi connectivity index (χ3n) is 3.75. The zero-order chi connectivity index (χ0) is 28.4. The van der Waals surface area contributed by atoms with E-state index in [0.717, 1.165) is 0 Å². The molecule has 0 N–H and O–H groups in total. The minimum absolute atomic E-state index is 0.0394. The molecule has 1 unspecified atom stereocenters. The number of esters is 1. The molecule has 0 radical (unpaired) electrons. The van der Waals surface area contributed by atoms with Gasteiger partial charge in [-0.15, -0.1) is 0 Å². The molecular formula is C13H5F19O2. The van der Waals surface area contributed by atoms with Gasteiger partial charge in [0.2, 0.25) is 0 Å². The highest BCUT2D eigenvalue weighted by molar-refractivity contribution is 5.87. The Bertz CT molecular complexity index is 786. The second-order valence-corrected chi connectivity index (χ2v) is 6.21. The average molecular weight is 554 g/mol. The molecule has 0 aliphatic rings. The molecule has 0 spiro atoms. The molecule has 1 atom stereocenters. The first-order valence-corrected chi connectivity index (χ1v) is 7.31. The third-order valence-corrected chi connectivity index (χ3v) is 3.75. The van der Waals surface area contributed by atoms with E-state index in [1.807, 2.05) is 0 Å². The summed E-state index contributed by atoms with van der Waals surface area (Å²) in [4.78, 5) is 11.1. The maximum absolute atomic E-state index is 14.5. The zero-order valence-electron chi connectivity index (χ0n) is 15.2. The van der Waals surface area contributed by atoms with Crippen LogP contribution in [0.2, 0.25) is 0 Å². The lowest BCUT2D eigenvalue weighted by Crippen LogP contribution is -2.79. The van der Waals surface area contributed by atoms with Crippen molar-refractivity contribution >= 4 is 5.97 Å². The lowest BCUT2D eigenvalue weighted by molar-refractivity contribution is -0.488. The molecule has 2 nitrogen and oxygen atoms in total. The third kappa shape index (κ3) is 4.01. The minimum Gasteiger partial charge on any atom is -0.413 e. The van der Waals surface area contributed by atoms with E-state index in [0.29, 0.717) is 0 Å². The van der Waals surface area contributed by atoms with E-state index in [2.05, 4.69) is 11.3 Å². The number of halogens is 19. The number of alkyl halides is 19. The van der Waals surface area contributed by atoms with Crippen molar-refractivity contribution in [1.29, 1.82) is 0 Å². The summed E-state index contributed by atoms with van der Waals surface area (Å²) in [7, 11) is 0. The van der Waals surface area contributed by atoms with Crippen LogP contribution in [0.4, 0.5) is 83.4 Å². The summed E-state index contributed by atoms with van der Waals surface area (Å²) in [6.07, 6.45) is -24.6. The van der Waals surface area contributed by atoms with Gasteiger partial charge in [-0.3, -0.25) is 0 Å². The molecule has 0 amide bonds. The molecule has 202 valence electrons. The van der Waals surface area contributed by atoms with Crippen molar-refractivity contribution in [3.8, 4) is 0 Å². The van der Waals surface area contributed by atoms with Crippen LogP contribution in [-0.2, 0) is 9.53 Å². The van der Waals surface area contributed by atoms with Gasteiger partial charge in [-0.2, -0.15) is 79.0 Å². The molecule has 0 aromatic heterocycles. The number of carbonyl (C=O) groups is 1. The fourth-order valence-corrected chi connectivity index (χ4v) is 1.86. The Hall–Kier alpha value is -2.12. The predicted molar refractivity (Wildman–Crippen MR) is 66.5 cm³/mol. The number of rotatable bonds is 7. The summed E-state index contributed by atoms with van der Waals surface area (Å²) >= 11 is 0. The van der Waals surface area contributed by atoms with Crippen LogP contribution >= 0.6 is 0 Å². The number of hydrogen-bond acceptors (Lipinski definition) is 2. The second-order valence-electron chi connectivity index (χ2n) is 6.21. The normalized spacial score (nSPS) is 17.3. The van der Waals surface area contributed by atoms with Gasteiger partial charge in [-0.25, -0.2) is 9.18 Å². The molecule has 0 saturated heterocycles. The number of hydrogen-bond donors (Lipinski definition) is 0. The van der Waals surface area contributed by atoms with Crippen LogP contribution in [0.3, 0.4) is 0 Å². The van der Waals surface area contributed by atoms with Gasteiger partial charge in [0, 0.05) is 5.57 Å². The summed E-state index contributed by atoms with van der Waals surface area (Å²) in [6.45, 7) is 2.27. The van der Waals surface area contributed by atoms with Gasteiger partial charge < -0.3 is 4.74 Å². The molecule has 0 fully saturated rings. The Labute approximate surface area is 173 Å². The van der Waals surface area contributed by atoms with Crippen molar-refractivity contribution in [2.45, 2.75) is 60.7 Å². The van der Waals surface area contributed by atoms with E-state index < -0.39 is 65.3 Å². The molecular weight excluding hydrogens is 549 g/mol. The van der Waals surface area contributed by atoms with Crippen LogP contribution in [0, 0.1) is 0 Å². The first-order valence-electron chi connectivity index (χ1n) is 7.31. The van der Waals surface area contributed by atoms with Crippen LogP contribution in [0.25, 0.3) is 0 Å². The first-order chi connectivity index (χ1) is 14.3. The summed E-state index contributed by atoms with van der Waals surface area (Å²) < 4.78 is 251. The van der Waals surface area contributed by atoms with Gasteiger partial charge in [0.15, 0.2) is 0 Å². The Balaban J connectivity index is 7.75. The maximum atomic E-state index is 14.5. The Morgan fingerprint density at radius 3 is 1.09 bits per heavy atom. The van der Waals surface area contributed by atoms with Crippen molar-refractivity contribution in [3.63, 3.8) is 0 Å². The highest BCUT2D eigenvalue weighted by atomic mass is 19.4. The summed E-state index contributed by atoms with van der Waals surface area (Å²) in [5, 5.41) is 0. The quantitative estimate of drug-likeness (QED) is 0.199. The molecule has 34 heavy (non-hydrogen) atoms. The Morgan fingerprint density at radius 2 is 0.853 bits per heavy atom. The highest BCUT2D eigenvalue weighted by Crippen LogP contribution is 2.66. The SMILES string of the molecule is C=C(C)C(=O)OC(F)(C(F)(F)C(F)(F)C(F)(F)C(F)(F)F)C(F)(F)C(F)(C(F)(F)F)C(F)(F)F. The largest absolute Gasteiger partial charge is 0.460 e. The van der Waals surface area contributed by atoms with E-state index in [9.17, 15) is 88.2 Å². The molecule has 0 heterocycles. The first kappa shape index (κ1) is 31.9. The van der Waals surface area contributed by atoms with Gasteiger partial charge in [0.1, 0.15) is 0 Å². The highest BCUT2D eigenvalue weighted by Gasteiger charge is 2.99. The van der Waals surface area contributed by atoms with E-state index in [4.69, 9.17) is 0 Å². The Morgan fingerprint density at radius 1 is 0.529 bits per heavy atom. The van der Waals surface area contributed by atoms with Crippen LogP contribution < -0.4 is 0 Å². The lowest BCUT2D eigenvalue weighted by Gasteiger charge is -2.46. The van der Waals surface area contributed by atoms with Crippen LogP contribution in [0.1, 0.15) is 6.92 Å². The zero-order valence-corrected chi connectivity index (χ0v) is 15.2. The van der Waals surface area contributed by atoms with Crippen LogP contribution in [-0.4, -0.2) is 59.7 Å². The van der Waals surface area contributed by atoms with E-state index in [1.165, 1.54) is 0 Å². The summed E-state index contributed by atoms with van der Waals surface area (Å²) in [5.74, 6) is -46.8. The van der Waals surface area contributed by atoms with Crippen LogP contribution in [0.5, 0.6) is 0 Å². The standard InChI is InChI=1S/C13H5F19O2/c1-3(2)4(33)34-10(23,6(15,16)5(14,11(24,25)26)12(27,28)29)8(19,20)7(17,18)9(21,22)13(30,31)32/h1H2,2H3. The van der Waals surface area contributed by atoms with Crippen molar-refractivity contribution in [3.05, 3.63) is 12.2 Å². The molecule has 0 saturated carbocycles. The fraction of sp³-hybridized carbons (Fsp3) is 0.769. The van der Waals surface area contributed by atoms with Gasteiger partial charge >= 0.3 is 59.7 Å². The summed E-state index contributed by atoms with van der Waals surface area (Å²) in [5.41, 5.74) is -10.5. The average Bonchev–Trinajstić information content (AvgIpc) is 2.56. The van der Waals surface area contributed by atoms with Gasteiger partial charge in [0.25, 0.3) is 0 Å². The maximum Gasteiger partial charge on any atom is 0.460 e. The van der Waals surface area contributed by atoms with E-state index in [1.54, 1.807) is 0 Å². The fourth-order valence-electron chi connectivity index (χ4n) is 1.86. The van der Waals surface area contributed by atoms with Gasteiger partial charge in [-0.1, -0.05) is 6.58 Å². The van der Waals surface area contributed by atoms with Gasteiger partial charge in [0.05, 0.1) is 0 Å². The lowest BCUT2D eigenvalue weighted by atomic mass is 9.83. The predicted octanol–water partition coefficient (Wildman–Crippen LogP) is 6.71. The Kier molecular flexibility index (Phi) is 7.46. The molecule has 0 aromatic carbocycles. The van der Waals surface area contributed by atoms with Crippen molar-refractivity contribution in [2.75, 3.05) is 0 Å². The molecule has 21 heteroatoms. The van der Waals surface area contributed by atoms with Crippen LogP contribution in [0.15, 0.2) is 12.2 Å².